The third-order valence-corrected chi connectivity index (χ3v) is 2.33. The van der Waals surface area contributed by atoms with Crippen LogP contribution in [0.5, 0.6) is 5.88 Å². The molecule has 0 atom stereocenters. The number of alkyl halides is 3. The molecule has 2 rings (SSSR count). The largest absolute Gasteiger partial charge is 0.464 e. The van der Waals surface area contributed by atoms with E-state index in [4.69, 9.17) is 0 Å². The summed E-state index contributed by atoms with van der Waals surface area (Å²) in [5, 5.41) is 0. The molecule has 0 radical (unpaired) electrons. The Morgan fingerprint density at radius 3 is 2.67 bits per heavy atom. The van der Waals surface area contributed by atoms with Crippen molar-refractivity contribution >= 4 is 11.0 Å². The van der Waals surface area contributed by atoms with Gasteiger partial charge in [0.15, 0.2) is 6.61 Å². The Kier molecular flexibility index (Phi) is 2.98. The molecule has 1 aromatic heterocycles. The van der Waals surface area contributed by atoms with E-state index in [2.05, 4.69) is 9.72 Å². The number of halogens is 3. The number of hydrogen-bond acceptors (Lipinski definition) is 3. The first kappa shape index (κ1) is 12.4. The highest BCUT2D eigenvalue weighted by Crippen LogP contribution is 2.17. The van der Waals surface area contributed by atoms with Crippen molar-refractivity contribution in [3.63, 3.8) is 0 Å². The highest BCUT2D eigenvalue weighted by Gasteiger charge is 2.29. The summed E-state index contributed by atoms with van der Waals surface area (Å²) >= 11 is 0. The Bertz CT molecular complexity index is 634. The predicted octanol–water partition coefficient (Wildman–Crippen LogP) is 1.87. The standard InChI is InChI=1S/C11H9F3N2O2/c1-16-8-5-3-2-4-7(8)15-9(10(16)17)18-6-11(12,13)14/h2-5H,6H2,1H3. The number of hydrogen-bond donors (Lipinski definition) is 0. The van der Waals surface area contributed by atoms with Gasteiger partial charge in [-0.3, -0.25) is 4.79 Å². The molecule has 0 aliphatic heterocycles. The molecule has 96 valence electrons. The minimum absolute atomic E-state index is 0.400. The quantitative estimate of drug-likeness (QED) is 0.826. The van der Waals surface area contributed by atoms with Crippen molar-refractivity contribution in [1.82, 2.24) is 9.55 Å². The second-order valence-corrected chi connectivity index (χ2v) is 3.67. The van der Waals surface area contributed by atoms with Crippen molar-refractivity contribution in [2.24, 2.45) is 7.05 Å². The predicted molar refractivity (Wildman–Crippen MR) is 58.5 cm³/mol. The Morgan fingerprint density at radius 1 is 1.33 bits per heavy atom. The maximum Gasteiger partial charge on any atom is 0.422 e. The monoisotopic (exact) mass is 258 g/mol. The molecule has 0 unspecified atom stereocenters. The highest BCUT2D eigenvalue weighted by molar-refractivity contribution is 5.74. The topological polar surface area (TPSA) is 44.1 Å². The van der Waals surface area contributed by atoms with Crippen molar-refractivity contribution in [2.45, 2.75) is 6.18 Å². The molecule has 1 heterocycles. The Balaban J connectivity index is 2.46. The van der Waals surface area contributed by atoms with Crippen LogP contribution in [-0.2, 0) is 7.05 Å². The normalized spacial score (nSPS) is 11.8. The average Bonchev–Trinajstić information content (AvgIpc) is 2.31. The molecule has 0 fully saturated rings. The number of para-hydroxylation sites is 2. The van der Waals surface area contributed by atoms with Gasteiger partial charge in [-0.25, -0.2) is 4.98 Å². The van der Waals surface area contributed by atoms with E-state index in [1.54, 1.807) is 24.3 Å². The van der Waals surface area contributed by atoms with Crippen LogP contribution < -0.4 is 10.3 Å². The van der Waals surface area contributed by atoms with Crippen LogP contribution >= 0.6 is 0 Å². The van der Waals surface area contributed by atoms with Gasteiger partial charge in [0.05, 0.1) is 11.0 Å². The zero-order valence-electron chi connectivity index (χ0n) is 9.36. The highest BCUT2D eigenvalue weighted by atomic mass is 19.4. The fraction of sp³-hybridized carbons (Fsp3) is 0.273. The van der Waals surface area contributed by atoms with Crippen LogP contribution in [-0.4, -0.2) is 22.3 Å². The smallest absolute Gasteiger partial charge is 0.422 e. The van der Waals surface area contributed by atoms with Crippen molar-refractivity contribution < 1.29 is 17.9 Å². The van der Waals surface area contributed by atoms with E-state index in [1.807, 2.05) is 0 Å². The van der Waals surface area contributed by atoms with E-state index in [0.717, 1.165) is 0 Å². The lowest BCUT2D eigenvalue weighted by Crippen LogP contribution is -2.26. The number of ether oxygens (including phenoxy) is 1. The molecule has 7 heteroatoms. The van der Waals surface area contributed by atoms with Gasteiger partial charge >= 0.3 is 11.7 Å². The SMILES string of the molecule is Cn1c(=O)c(OCC(F)(F)F)nc2ccccc21. The van der Waals surface area contributed by atoms with Gasteiger partial charge in [0, 0.05) is 7.05 Å². The van der Waals surface area contributed by atoms with Gasteiger partial charge in [0.1, 0.15) is 0 Å². The lowest BCUT2D eigenvalue weighted by atomic mass is 10.3. The minimum Gasteiger partial charge on any atom is -0.464 e. The van der Waals surface area contributed by atoms with E-state index >= 15 is 0 Å². The van der Waals surface area contributed by atoms with Crippen LogP contribution in [0.1, 0.15) is 0 Å². The summed E-state index contributed by atoms with van der Waals surface area (Å²) in [4.78, 5) is 15.5. The van der Waals surface area contributed by atoms with Crippen molar-refractivity contribution in [3.8, 4) is 5.88 Å². The van der Waals surface area contributed by atoms with Gasteiger partial charge in [-0.15, -0.1) is 0 Å². The van der Waals surface area contributed by atoms with Gasteiger partial charge < -0.3 is 9.30 Å². The molecule has 0 spiro atoms. The number of aromatic nitrogens is 2. The molecule has 0 amide bonds. The first-order chi connectivity index (χ1) is 8.38. The molecule has 1 aromatic carbocycles. The first-order valence-corrected chi connectivity index (χ1v) is 5.04. The molecule has 0 aliphatic rings. The summed E-state index contributed by atoms with van der Waals surface area (Å²) in [5.41, 5.74) is 0.233. The molecule has 2 aromatic rings. The van der Waals surface area contributed by atoms with Gasteiger partial charge in [-0.2, -0.15) is 13.2 Å². The van der Waals surface area contributed by atoms with Crippen molar-refractivity contribution in [1.29, 1.82) is 0 Å². The molecule has 0 saturated carbocycles. The summed E-state index contributed by atoms with van der Waals surface area (Å²) < 4.78 is 41.7. The number of rotatable bonds is 2. The lowest BCUT2D eigenvalue weighted by molar-refractivity contribution is -0.154. The number of benzene rings is 1. The summed E-state index contributed by atoms with van der Waals surface area (Å²) in [5.74, 6) is -0.548. The van der Waals surface area contributed by atoms with E-state index in [0.29, 0.717) is 11.0 Å². The zero-order valence-corrected chi connectivity index (χ0v) is 9.36. The van der Waals surface area contributed by atoms with Crippen LogP contribution in [0.4, 0.5) is 13.2 Å². The van der Waals surface area contributed by atoms with Crippen LogP contribution in [0.2, 0.25) is 0 Å². The average molecular weight is 258 g/mol. The summed E-state index contributed by atoms with van der Waals surface area (Å²) in [6.07, 6.45) is -4.50. The van der Waals surface area contributed by atoms with Crippen LogP contribution in [0, 0.1) is 0 Å². The van der Waals surface area contributed by atoms with Gasteiger partial charge in [0.25, 0.3) is 5.88 Å². The number of fused-ring (bicyclic) bond motifs is 1. The fourth-order valence-corrected chi connectivity index (χ4v) is 1.50. The van der Waals surface area contributed by atoms with Crippen LogP contribution in [0.15, 0.2) is 29.1 Å². The Labute approximate surface area is 99.6 Å². The summed E-state index contributed by atoms with van der Waals surface area (Å²) in [6, 6.07) is 6.62. The maximum absolute atomic E-state index is 12.0. The fourth-order valence-electron chi connectivity index (χ4n) is 1.50. The van der Waals surface area contributed by atoms with Crippen LogP contribution in [0.25, 0.3) is 11.0 Å². The molecule has 18 heavy (non-hydrogen) atoms. The van der Waals surface area contributed by atoms with E-state index in [-0.39, 0.29) is 0 Å². The first-order valence-electron chi connectivity index (χ1n) is 5.04. The Hall–Kier alpha value is -2.05. The molecular weight excluding hydrogens is 249 g/mol. The Morgan fingerprint density at radius 2 is 2.00 bits per heavy atom. The zero-order chi connectivity index (χ0) is 13.3. The van der Waals surface area contributed by atoms with Gasteiger partial charge in [-0.05, 0) is 12.1 Å². The maximum atomic E-state index is 12.0. The van der Waals surface area contributed by atoms with Gasteiger partial charge in [0.2, 0.25) is 0 Å². The third kappa shape index (κ3) is 2.44. The molecular formula is C11H9F3N2O2. The minimum atomic E-state index is -4.50. The van der Waals surface area contributed by atoms with Crippen molar-refractivity contribution in [2.75, 3.05) is 6.61 Å². The summed E-state index contributed by atoms with van der Waals surface area (Å²) in [6.45, 7) is -1.53. The second-order valence-electron chi connectivity index (χ2n) is 3.67. The van der Waals surface area contributed by atoms with E-state index in [1.165, 1.54) is 11.6 Å². The molecule has 0 aliphatic carbocycles. The van der Waals surface area contributed by atoms with E-state index in [9.17, 15) is 18.0 Å². The molecule has 0 bridgehead atoms. The van der Waals surface area contributed by atoms with Crippen LogP contribution in [0.3, 0.4) is 0 Å². The summed E-state index contributed by atoms with van der Waals surface area (Å²) in [7, 11) is 1.45. The second kappa shape index (κ2) is 4.32. The molecule has 4 nitrogen and oxygen atoms in total. The van der Waals surface area contributed by atoms with E-state index < -0.39 is 24.2 Å². The third-order valence-electron chi connectivity index (χ3n) is 2.33. The molecule has 0 saturated heterocycles. The lowest BCUT2D eigenvalue weighted by Gasteiger charge is -2.10. The number of aryl methyl sites for hydroxylation is 1. The van der Waals surface area contributed by atoms with Gasteiger partial charge in [-0.1, -0.05) is 12.1 Å². The van der Waals surface area contributed by atoms with Crippen molar-refractivity contribution in [3.05, 3.63) is 34.6 Å². The molecule has 0 N–H and O–H groups in total. The number of nitrogens with zero attached hydrogens (tertiary/aromatic N) is 2.